The van der Waals surface area contributed by atoms with E-state index in [1.807, 2.05) is 0 Å². The topological polar surface area (TPSA) is 17.1 Å². The molecule has 0 unspecified atom stereocenters. The highest BCUT2D eigenvalue weighted by Gasteiger charge is 2.12. The number of benzene rings is 2. The van der Waals surface area contributed by atoms with Crippen LogP contribution in [0.5, 0.6) is 0 Å². The number of rotatable bonds is 3. The van der Waals surface area contributed by atoms with Crippen molar-refractivity contribution in [1.29, 1.82) is 0 Å². The van der Waals surface area contributed by atoms with Gasteiger partial charge in [0.1, 0.15) is 5.82 Å². The minimum atomic E-state index is -0.498. The van der Waals surface area contributed by atoms with Crippen LogP contribution >= 0.6 is 39.1 Å². The van der Waals surface area contributed by atoms with Crippen molar-refractivity contribution < 1.29 is 9.18 Å². The molecule has 0 saturated heterocycles. The molecule has 0 saturated carbocycles. The molecule has 0 aromatic heterocycles. The number of Topliss-reactive ketones (excluding diaryl/α,β-unsaturated/α-hetero) is 1. The predicted molar refractivity (Wildman–Crippen MR) is 78.6 cm³/mol. The molecule has 0 heterocycles. The third-order valence-electron chi connectivity index (χ3n) is 2.58. The maximum atomic E-state index is 13.0. The van der Waals surface area contributed by atoms with Gasteiger partial charge >= 0.3 is 0 Å². The van der Waals surface area contributed by atoms with Crippen LogP contribution in [0.4, 0.5) is 4.39 Å². The highest BCUT2D eigenvalue weighted by molar-refractivity contribution is 9.10. The molecule has 1 nitrogen and oxygen atoms in total. The molecular weight excluding hydrogens is 354 g/mol. The van der Waals surface area contributed by atoms with Gasteiger partial charge in [-0.3, -0.25) is 4.79 Å². The predicted octanol–water partition coefficient (Wildman–Crippen LogP) is 5.32. The molecule has 0 aliphatic heterocycles. The van der Waals surface area contributed by atoms with Gasteiger partial charge < -0.3 is 0 Å². The Bertz CT molecular complexity index is 643. The Morgan fingerprint density at radius 2 is 1.89 bits per heavy atom. The lowest BCUT2D eigenvalue weighted by Crippen LogP contribution is -2.04. The molecule has 0 fully saturated rings. The molecule has 0 N–H and O–H groups in total. The first-order chi connectivity index (χ1) is 8.97. The molecule has 0 spiro atoms. The van der Waals surface area contributed by atoms with Crippen molar-refractivity contribution >= 4 is 44.9 Å². The standard InChI is InChI=1S/C14H8BrCl2FO/c15-11-3-2-9(16)7-10(11)14(19)6-8-1-4-13(18)12(17)5-8/h1-5,7H,6H2. The van der Waals surface area contributed by atoms with Gasteiger partial charge in [-0.05, 0) is 35.9 Å². The maximum absolute atomic E-state index is 13.0. The minimum absolute atomic E-state index is 0.00968. The normalized spacial score (nSPS) is 10.5. The average Bonchev–Trinajstić information content (AvgIpc) is 2.36. The van der Waals surface area contributed by atoms with Crippen molar-refractivity contribution in [2.75, 3.05) is 0 Å². The third kappa shape index (κ3) is 3.56. The van der Waals surface area contributed by atoms with E-state index in [0.717, 1.165) is 0 Å². The van der Waals surface area contributed by atoms with Gasteiger partial charge in [0.05, 0.1) is 5.02 Å². The lowest BCUT2D eigenvalue weighted by atomic mass is 10.0. The summed E-state index contributed by atoms with van der Waals surface area (Å²) in [6.07, 6.45) is 0.138. The van der Waals surface area contributed by atoms with Crippen LogP contribution in [0, 0.1) is 5.82 Å². The SMILES string of the molecule is O=C(Cc1ccc(F)c(Cl)c1)c1cc(Cl)ccc1Br. The third-order valence-corrected chi connectivity index (χ3v) is 3.79. The van der Waals surface area contributed by atoms with Crippen LogP contribution in [0.25, 0.3) is 0 Å². The zero-order chi connectivity index (χ0) is 14.0. The second kappa shape index (κ2) is 6.04. The molecule has 0 atom stereocenters. The molecule has 0 bridgehead atoms. The second-order valence-corrected chi connectivity index (χ2v) is 5.67. The van der Waals surface area contributed by atoms with Crippen LogP contribution < -0.4 is 0 Å². The van der Waals surface area contributed by atoms with E-state index in [0.29, 0.717) is 20.6 Å². The number of hydrogen-bond acceptors (Lipinski definition) is 1. The lowest BCUT2D eigenvalue weighted by molar-refractivity contribution is 0.0992. The maximum Gasteiger partial charge on any atom is 0.168 e. The van der Waals surface area contributed by atoms with Gasteiger partial charge in [0.15, 0.2) is 5.78 Å². The molecule has 2 aromatic rings. The van der Waals surface area contributed by atoms with Crippen LogP contribution in [0.3, 0.4) is 0 Å². The summed E-state index contributed by atoms with van der Waals surface area (Å²) < 4.78 is 13.7. The van der Waals surface area contributed by atoms with E-state index in [9.17, 15) is 9.18 Å². The molecular formula is C14H8BrCl2FO. The second-order valence-electron chi connectivity index (χ2n) is 3.97. The van der Waals surface area contributed by atoms with Crippen molar-refractivity contribution in [2.24, 2.45) is 0 Å². The molecule has 19 heavy (non-hydrogen) atoms. The van der Waals surface area contributed by atoms with E-state index >= 15 is 0 Å². The number of halogens is 4. The molecule has 2 aromatic carbocycles. The fraction of sp³-hybridized carbons (Fsp3) is 0.0714. The quantitative estimate of drug-likeness (QED) is 0.676. The summed E-state index contributed by atoms with van der Waals surface area (Å²) >= 11 is 14.9. The van der Waals surface area contributed by atoms with Crippen LogP contribution in [0.2, 0.25) is 10.0 Å². The van der Waals surface area contributed by atoms with Crippen LogP contribution in [-0.2, 0) is 6.42 Å². The van der Waals surface area contributed by atoms with Crippen molar-refractivity contribution in [3.8, 4) is 0 Å². The Kier molecular flexibility index (Phi) is 4.61. The summed E-state index contributed by atoms with van der Waals surface area (Å²) in [5.74, 6) is -0.612. The van der Waals surface area contributed by atoms with E-state index in [1.54, 1.807) is 18.2 Å². The summed E-state index contributed by atoms with van der Waals surface area (Å²) in [5.41, 5.74) is 1.15. The largest absolute Gasteiger partial charge is 0.294 e. The molecule has 0 aliphatic rings. The number of hydrogen-bond donors (Lipinski definition) is 0. The summed E-state index contributed by atoms with van der Waals surface area (Å²) in [6.45, 7) is 0. The first-order valence-electron chi connectivity index (χ1n) is 5.39. The smallest absolute Gasteiger partial charge is 0.168 e. The van der Waals surface area contributed by atoms with Crippen LogP contribution in [0.1, 0.15) is 15.9 Å². The van der Waals surface area contributed by atoms with Gasteiger partial charge in [-0.25, -0.2) is 4.39 Å². The summed E-state index contributed by atoms with van der Waals surface area (Å²) in [5, 5.41) is 0.499. The number of carbonyl (C=O) groups is 1. The Morgan fingerprint density at radius 1 is 1.16 bits per heavy atom. The Labute approximate surface area is 128 Å². The van der Waals surface area contributed by atoms with Gasteiger partial charge in [0, 0.05) is 21.5 Å². The molecule has 0 radical (unpaired) electrons. The summed E-state index contributed by atoms with van der Waals surface area (Å²) in [7, 11) is 0. The minimum Gasteiger partial charge on any atom is -0.294 e. The summed E-state index contributed by atoms with van der Waals surface area (Å²) in [4.78, 5) is 12.2. The van der Waals surface area contributed by atoms with Gasteiger partial charge in [-0.2, -0.15) is 0 Å². The van der Waals surface area contributed by atoms with Gasteiger partial charge in [0.2, 0.25) is 0 Å². The van der Waals surface area contributed by atoms with E-state index in [2.05, 4.69) is 15.9 Å². The summed E-state index contributed by atoms with van der Waals surface area (Å²) in [6, 6.07) is 9.24. The van der Waals surface area contributed by atoms with Crippen molar-refractivity contribution in [3.63, 3.8) is 0 Å². The Hall–Kier alpha value is -0.900. The molecule has 5 heteroatoms. The van der Waals surface area contributed by atoms with Gasteiger partial charge in [-0.1, -0.05) is 45.2 Å². The zero-order valence-electron chi connectivity index (χ0n) is 9.59. The highest BCUT2D eigenvalue weighted by atomic mass is 79.9. The molecule has 0 amide bonds. The Morgan fingerprint density at radius 3 is 2.58 bits per heavy atom. The van der Waals surface area contributed by atoms with Crippen LogP contribution in [0.15, 0.2) is 40.9 Å². The molecule has 2 rings (SSSR count). The fourth-order valence-corrected chi connectivity index (χ4v) is 2.48. The Balaban J connectivity index is 2.25. The van der Waals surface area contributed by atoms with Crippen molar-refractivity contribution in [2.45, 2.75) is 6.42 Å². The highest BCUT2D eigenvalue weighted by Crippen LogP contribution is 2.23. The van der Waals surface area contributed by atoms with Crippen molar-refractivity contribution in [1.82, 2.24) is 0 Å². The van der Waals surface area contributed by atoms with Gasteiger partial charge in [0.25, 0.3) is 0 Å². The first kappa shape index (κ1) is 14.5. The van der Waals surface area contributed by atoms with E-state index in [1.165, 1.54) is 18.2 Å². The molecule has 98 valence electrons. The van der Waals surface area contributed by atoms with E-state index < -0.39 is 5.82 Å². The number of ketones is 1. The molecule has 0 aliphatic carbocycles. The first-order valence-corrected chi connectivity index (χ1v) is 6.94. The van der Waals surface area contributed by atoms with Gasteiger partial charge in [-0.15, -0.1) is 0 Å². The lowest BCUT2D eigenvalue weighted by Gasteiger charge is -2.05. The van der Waals surface area contributed by atoms with E-state index in [-0.39, 0.29) is 17.2 Å². The van der Waals surface area contributed by atoms with Crippen molar-refractivity contribution in [3.05, 3.63) is 67.9 Å². The average molecular weight is 362 g/mol. The fourth-order valence-electron chi connectivity index (χ4n) is 1.64. The van der Waals surface area contributed by atoms with E-state index in [4.69, 9.17) is 23.2 Å². The monoisotopic (exact) mass is 360 g/mol. The van der Waals surface area contributed by atoms with Crippen LogP contribution in [-0.4, -0.2) is 5.78 Å². The zero-order valence-corrected chi connectivity index (χ0v) is 12.7. The number of carbonyl (C=O) groups excluding carboxylic acids is 1.